The minimum atomic E-state index is 0. The molecular weight excluding hydrogens is 429 g/mol. The number of para-hydroxylation sites is 1. The van der Waals surface area contributed by atoms with Crippen LogP contribution in [0.3, 0.4) is 0 Å². The lowest BCUT2D eigenvalue weighted by molar-refractivity contribution is 0.143. The number of hydrogen-bond acceptors (Lipinski definition) is 3. The van der Waals surface area contributed by atoms with Crippen molar-refractivity contribution < 1.29 is 4.74 Å². The van der Waals surface area contributed by atoms with Gasteiger partial charge in [0.2, 0.25) is 0 Å². The van der Waals surface area contributed by atoms with Gasteiger partial charge in [-0.3, -0.25) is 4.99 Å². The van der Waals surface area contributed by atoms with Crippen LogP contribution in [0.4, 0.5) is 0 Å². The van der Waals surface area contributed by atoms with Crippen LogP contribution in [-0.4, -0.2) is 42.5 Å². The summed E-state index contributed by atoms with van der Waals surface area (Å²) in [6, 6.07) is 10.1. The maximum Gasteiger partial charge on any atom is 0.191 e. The fourth-order valence-electron chi connectivity index (χ4n) is 2.26. The van der Waals surface area contributed by atoms with E-state index in [0.717, 1.165) is 49.8 Å². The topological polar surface area (TPSA) is 63.5 Å². The maximum atomic E-state index is 5.33. The number of benzene rings is 1. The van der Waals surface area contributed by atoms with Crippen LogP contribution in [0.15, 0.2) is 47.7 Å². The monoisotopic (exact) mass is 457 g/mol. The predicted molar refractivity (Wildman–Crippen MR) is 113 cm³/mol. The van der Waals surface area contributed by atoms with Gasteiger partial charge >= 0.3 is 0 Å². The number of nitrogens with one attached hydrogen (secondary N) is 2. The molecule has 2 aromatic rings. The molecule has 0 saturated heterocycles. The van der Waals surface area contributed by atoms with E-state index in [2.05, 4.69) is 20.7 Å². The number of hydrogen-bond donors (Lipinski definition) is 2. The molecule has 1 aromatic carbocycles. The Balaban J connectivity index is 0.00000312. The standard InChI is InChI=1S/C18H27N5O.HI/c1-3-24-12-8-7-11-20-18(19-2)21-13-16-14-22-23(15-16)17-9-5-4-6-10-17;/h4-6,9-10,14-15H,3,7-8,11-13H2,1-2H3,(H2,19,20,21);1H. The molecule has 6 nitrogen and oxygen atoms in total. The number of aromatic nitrogens is 2. The molecular formula is C18H28IN5O. The quantitative estimate of drug-likeness (QED) is 0.263. The Bertz CT molecular complexity index is 615. The molecule has 138 valence electrons. The van der Waals surface area contributed by atoms with Crippen LogP contribution < -0.4 is 10.6 Å². The van der Waals surface area contributed by atoms with Crippen LogP contribution in [0.1, 0.15) is 25.3 Å². The second kappa shape index (κ2) is 12.7. The minimum absolute atomic E-state index is 0. The summed E-state index contributed by atoms with van der Waals surface area (Å²) in [4.78, 5) is 4.24. The van der Waals surface area contributed by atoms with E-state index < -0.39 is 0 Å². The molecule has 25 heavy (non-hydrogen) atoms. The van der Waals surface area contributed by atoms with Crippen molar-refractivity contribution in [2.75, 3.05) is 26.8 Å². The zero-order valence-electron chi connectivity index (χ0n) is 14.9. The Morgan fingerprint density at radius 1 is 1.20 bits per heavy atom. The number of ether oxygens (including phenoxy) is 1. The second-order valence-corrected chi connectivity index (χ2v) is 5.39. The maximum absolute atomic E-state index is 5.33. The van der Waals surface area contributed by atoms with Gasteiger partial charge in [0.25, 0.3) is 0 Å². The van der Waals surface area contributed by atoms with Gasteiger partial charge in [-0.05, 0) is 31.9 Å². The van der Waals surface area contributed by atoms with E-state index in [1.165, 1.54) is 0 Å². The first-order chi connectivity index (χ1) is 11.8. The highest BCUT2D eigenvalue weighted by molar-refractivity contribution is 14.0. The van der Waals surface area contributed by atoms with Crippen molar-refractivity contribution in [3.8, 4) is 5.69 Å². The summed E-state index contributed by atoms with van der Waals surface area (Å²) < 4.78 is 7.20. The molecule has 0 radical (unpaired) electrons. The smallest absolute Gasteiger partial charge is 0.191 e. The normalized spacial score (nSPS) is 11.0. The third kappa shape index (κ3) is 7.87. The lowest BCUT2D eigenvalue weighted by atomic mass is 10.3. The van der Waals surface area contributed by atoms with Crippen LogP contribution in [0.5, 0.6) is 0 Å². The van der Waals surface area contributed by atoms with E-state index in [4.69, 9.17) is 4.74 Å². The Labute approximate surface area is 167 Å². The molecule has 0 saturated carbocycles. The van der Waals surface area contributed by atoms with Gasteiger partial charge in [-0.25, -0.2) is 4.68 Å². The summed E-state index contributed by atoms with van der Waals surface area (Å²) in [6.45, 7) is 5.20. The first kappa shape index (κ1) is 21.4. The molecule has 1 heterocycles. The minimum Gasteiger partial charge on any atom is -0.382 e. The summed E-state index contributed by atoms with van der Waals surface area (Å²) in [5, 5.41) is 11.0. The van der Waals surface area contributed by atoms with Crippen molar-refractivity contribution in [3.63, 3.8) is 0 Å². The van der Waals surface area contributed by atoms with Gasteiger partial charge in [0.1, 0.15) is 0 Å². The Kier molecular flexibility index (Phi) is 10.9. The molecule has 1 aromatic heterocycles. The van der Waals surface area contributed by atoms with E-state index in [1.807, 2.05) is 54.3 Å². The van der Waals surface area contributed by atoms with E-state index >= 15 is 0 Å². The average molecular weight is 457 g/mol. The number of halogens is 1. The Morgan fingerprint density at radius 3 is 2.72 bits per heavy atom. The first-order valence-electron chi connectivity index (χ1n) is 8.44. The van der Waals surface area contributed by atoms with Gasteiger partial charge < -0.3 is 15.4 Å². The van der Waals surface area contributed by atoms with Crippen LogP contribution in [0, 0.1) is 0 Å². The highest BCUT2D eigenvalue weighted by Crippen LogP contribution is 2.07. The van der Waals surface area contributed by atoms with E-state index in [0.29, 0.717) is 6.54 Å². The molecule has 0 spiro atoms. The van der Waals surface area contributed by atoms with Crippen molar-refractivity contribution in [1.82, 2.24) is 20.4 Å². The van der Waals surface area contributed by atoms with Gasteiger partial charge in [-0.2, -0.15) is 5.10 Å². The SMILES string of the molecule is CCOCCCCNC(=NC)NCc1cnn(-c2ccccc2)c1.I. The molecule has 0 atom stereocenters. The molecule has 0 aliphatic rings. The fourth-order valence-corrected chi connectivity index (χ4v) is 2.26. The second-order valence-electron chi connectivity index (χ2n) is 5.39. The number of guanidine groups is 1. The average Bonchev–Trinajstić information content (AvgIpc) is 3.10. The molecule has 0 aliphatic carbocycles. The molecule has 2 rings (SSSR count). The molecule has 2 N–H and O–H groups in total. The van der Waals surface area contributed by atoms with E-state index in [9.17, 15) is 0 Å². The molecule has 7 heteroatoms. The van der Waals surface area contributed by atoms with Crippen molar-refractivity contribution >= 4 is 29.9 Å². The number of nitrogens with zero attached hydrogens (tertiary/aromatic N) is 3. The van der Waals surface area contributed by atoms with Crippen LogP contribution >= 0.6 is 24.0 Å². The third-order valence-corrected chi connectivity index (χ3v) is 3.55. The first-order valence-corrected chi connectivity index (χ1v) is 8.44. The van der Waals surface area contributed by atoms with Crippen molar-refractivity contribution in [1.29, 1.82) is 0 Å². The highest BCUT2D eigenvalue weighted by atomic mass is 127. The third-order valence-electron chi connectivity index (χ3n) is 3.55. The summed E-state index contributed by atoms with van der Waals surface area (Å²) >= 11 is 0. The molecule has 0 unspecified atom stereocenters. The highest BCUT2D eigenvalue weighted by Gasteiger charge is 2.02. The Morgan fingerprint density at radius 2 is 2.00 bits per heavy atom. The number of rotatable bonds is 9. The van der Waals surface area contributed by atoms with Crippen LogP contribution in [-0.2, 0) is 11.3 Å². The zero-order chi connectivity index (χ0) is 17.0. The summed E-state index contributed by atoms with van der Waals surface area (Å²) in [6.07, 6.45) is 6.02. The van der Waals surface area contributed by atoms with Crippen molar-refractivity contribution in [3.05, 3.63) is 48.3 Å². The van der Waals surface area contributed by atoms with Gasteiger partial charge in [-0.15, -0.1) is 24.0 Å². The predicted octanol–water partition coefficient (Wildman–Crippen LogP) is 2.97. The molecule has 0 amide bonds. The molecule has 0 fully saturated rings. The summed E-state index contributed by atoms with van der Waals surface area (Å²) in [5.74, 6) is 0.805. The van der Waals surface area contributed by atoms with Gasteiger partial charge in [0.15, 0.2) is 5.96 Å². The van der Waals surface area contributed by atoms with E-state index in [-0.39, 0.29) is 24.0 Å². The molecule has 0 aliphatic heterocycles. The lowest BCUT2D eigenvalue weighted by Gasteiger charge is -2.11. The molecule has 0 bridgehead atoms. The fraction of sp³-hybridized carbons (Fsp3) is 0.444. The van der Waals surface area contributed by atoms with Gasteiger partial charge in [0, 0.05) is 45.1 Å². The number of aliphatic imine (C=N–C) groups is 1. The lowest BCUT2D eigenvalue weighted by Crippen LogP contribution is -2.37. The van der Waals surface area contributed by atoms with E-state index in [1.54, 1.807) is 7.05 Å². The van der Waals surface area contributed by atoms with Gasteiger partial charge in [0.05, 0.1) is 11.9 Å². The summed E-state index contributed by atoms with van der Waals surface area (Å²) in [7, 11) is 1.78. The number of unbranched alkanes of at least 4 members (excludes halogenated alkanes) is 1. The van der Waals surface area contributed by atoms with Crippen LogP contribution in [0.2, 0.25) is 0 Å². The zero-order valence-corrected chi connectivity index (χ0v) is 17.3. The summed E-state index contributed by atoms with van der Waals surface area (Å²) in [5.41, 5.74) is 2.17. The Hall–Kier alpha value is -1.61. The van der Waals surface area contributed by atoms with Crippen molar-refractivity contribution in [2.45, 2.75) is 26.3 Å². The van der Waals surface area contributed by atoms with Gasteiger partial charge in [-0.1, -0.05) is 18.2 Å². The largest absolute Gasteiger partial charge is 0.382 e. The van der Waals surface area contributed by atoms with Crippen molar-refractivity contribution in [2.24, 2.45) is 4.99 Å². The van der Waals surface area contributed by atoms with Crippen LogP contribution in [0.25, 0.3) is 5.69 Å².